The summed E-state index contributed by atoms with van der Waals surface area (Å²) in [6.07, 6.45) is 2.62. The second-order valence-corrected chi connectivity index (χ2v) is 5.43. The number of anilines is 1. The molecule has 2 heteroatoms. The van der Waals surface area contributed by atoms with E-state index in [0.29, 0.717) is 0 Å². The van der Waals surface area contributed by atoms with E-state index in [1.54, 1.807) is 16.8 Å². The molecule has 0 amide bonds. The summed E-state index contributed by atoms with van der Waals surface area (Å²) < 4.78 is 0. The minimum absolute atomic E-state index is 0.782. The van der Waals surface area contributed by atoms with Crippen molar-refractivity contribution in [2.75, 3.05) is 31.1 Å². The maximum absolute atomic E-state index is 3.56. The first-order valence-corrected chi connectivity index (χ1v) is 6.51. The molecule has 2 nitrogen and oxygen atoms in total. The number of rotatable bonds is 0. The van der Waals surface area contributed by atoms with E-state index in [-0.39, 0.29) is 0 Å². The number of hydrogen-bond acceptors (Lipinski definition) is 2. The van der Waals surface area contributed by atoms with Gasteiger partial charge in [0.1, 0.15) is 0 Å². The second kappa shape index (κ2) is 3.24. The Morgan fingerprint density at radius 1 is 1.25 bits per heavy atom. The molecule has 2 atom stereocenters. The number of benzene rings is 1. The molecule has 3 aliphatic rings. The van der Waals surface area contributed by atoms with E-state index in [9.17, 15) is 0 Å². The number of nitrogens with zero attached hydrogens (tertiary/aromatic N) is 1. The molecule has 0 unspecified atom stereocenters. The minimum atomic E-state index is 0.782. The van der Waals surface area contributed by atoms with Crippen molar-refractivity contribution in [1.29, 1.82) is 0 Å². The van der Waals surface area contributed by atoms with Crippen molar-refractivity contribution in [1.82, 2.24) is 5.32 Å². The molecule has 0 aliphatic carbocycles. The lowest BCUT2D eigenvalue weighted by Crippen LogP contribution is -2.40. The summed E-state index contributed by atoms with van der Waals surface area (Å²) in [5, 5.41) is 3.56. The summed E-state index contributed by atoms with van der Waals surface area (Å²) in [6.45, 7) is 4.95. The SMILES string of the molecule is c1cc2c3c(c1)[C@@H]1CNC[C@H]1CN3CCC2. The lowest BCUT2D eigenvalue weighted by atomic mass is 9.80. The summed E-state index contributed by atoms with van der Waals surface area (Å²) in [5.41, 5.74) is 4.81. The zero-order chi connectivity index (χ0) is 10.5. The number of aryl methyl sites for hydroxylation is 1. The molecule has 3 heterocycles. The summed E-state index contributed by atoms with van der Waals surface area (Å²) in [6, 6.07) is 6.95. The van der Waals surface area contributed by atoms with Gasteiger partial charge < -0.3 is 10.2 Å². The Balaban J connectivity index is 1.90. The first-order valence-electron chi connectivity index (χ1n) is 6.51. The number of para-hydroxylation sites is 1. The van der Waals surface area contributed by atoms with E-state index in [0.717, 1.165) is 11.8 Å². The normalized spacial score (nSPS) is 31.1. The van der Waals surface area contributed by atoms with Crippen LogP contribution < -0.4 is 10.2 Å². The first-order chi connectivity index (χ1) is 7.93. The van der Waals surface area contributed by atoms with Crippen LogP contribution in [0.5, 0.6) is 0 Å². The Kier molecular flexibility index (Phi) is 1.83. The van der Waals surface area contributed by atoms with Gasteiger partial charge in [-0.05, 0) is 29.9 Å². The van der Waals surface area contributed by atoms with Gasteiger partial charge in [-0.25, -0.2) is 0 Å². The standard InChI is InChI=1S/C14H18N2/c1-3-10-4-2-6-16-9-11-7-15-8-13(11)12(5-1)14(10)16/h1,3,5,11,13,15H,2,4,6-9H2/t11-,13+/m0/s1. The van der Waals surface area contributed by atoms with E-state index < -0.39 is 0 Å². The van der Waals surface area contributed by atoms with Crippen LogP contribution in [-0.4, -0.2) is 26.2 Å². The van der Waals surface area contributed by atoms with E-state index >= 15 is 0 Å². The van der Waals surface area contributed by atoms with Crippen LogP contribution in [0.1, 0.15) is 23.5 Å². The molecule has 84 valence electrons. The van der Waals surface area contributed by atoms with Gasteiger partial charge >= 0.3 is 0 Å². The number of fused-ring (bicyclic) bond motifs is 2. The van der Waals surface area contributed by atoms with Crippen molar-refractivity contribution in [3.8, 4) is 0 Å². The maximum atomic E-state index is 3.56. The molecule has 1 fully saturated rings. The third kappa shape index (κ3) is 1.11. The van der Waals surface area contributed by atoms with Gasteiger partial charge in [-0.3, -0.25) is 0 Å². The molecule has 3 aliphatic heterocycles. The minimum Gasteiger partial charge on any atom is -0.371 e. The van der Waals surface area contributed by atoms with Crippen molar-refractivity contribution < 1.29 is 0 Å². The zero-order valence-corrected chi connectivity index (χ0v) is 9.58. The highest BCUT2D eigenvalue weighted by molar-refractivity contribution is 5.64. The van der Waals surface area contributed by atoms with Crippen LogP contribution in [0, 0.1) is 5.92 Å². The Labute approximate surface area is 96.6 Å². The monoisotopic (exact) mass is 214 g/mol. The molecule has 0 saturated carbocycles. The topological polar surface area (TPSA) is 15.3 Å². The molecule has 1 aromatic carbocycles. The molecule has 0 spiro atoms. The Bertz CT molecular complexity index is 427. The predicted octanol–water partition coefficient (Wildman–Crippen LogP) is 1.76. The summed E-state index contributed by atoms with van der Waals surface area (Å²) in [5.74, 6) is 1.63. The van der Waals surface area contributed by atoms with Crippen LogP contribution in [0.3, 0.4) is 0 Å². The molecule has 1 N–H and O–H groups in total. The average Bonchev–Trinajstić information content (AvgIpc) is 2.78. The fourth-order valence-electron chi connectivity index (χ4n) is 3.82. The highest BCUT2D eigenvalue weighted by Crippen LogP contribution is 2.43. The average molecular weight is 214 g/mol. The molecular weight excluding hydrogens is 196 g/mol. The summed E-state index contributed by atoms with van der Waals surface area (Å²) >= 11 is 0. The first kappa shape index (κ1) is 9.06. The highest BCUT2D eigenvalue weighted by Gasteiger charge is 2.38. The van der Waals surface area contributed by atoms with Gasteiger partial charge in [-0.2, -0.15) is 0 Å². The number of hydrogen-bond donors (Lipinski definition) is 1. The second-order valence-electron chi connectivity index (χ2n) is 5.43. The third-order valence-electron chi connectivity index (χ3n) is 4.54. The Morgan fingerprint density at radius 2 is 2.25 bits per heavy atom. The van der Waals surface area contributed by atoms with E-state index in [1.807, 2.05) is 0 Å². The molecule has 4 rings (SSSR count). The largest absolute Gasteiger partial charge is 0.371 e. The summed E-state index contributed by atoms with van der Waals surface area (Å²) in [7, 11) is 0. The van der Waals surface area contributed by atoms with Crippen LogP contribution in [0.15, 0.2) is 18.2 Å². The van der Waals surface area contributed by atoms with Crippen LogP contribution in [0.2, 0.25) is 0 Å². The van der Waals surface area contributed by atoms with Crippen LogP contribution >= 0.6 is 0 Å². The van der Waals surface area contributed by atoms with Crippen LogP contribution in [-0.2, 0) is 6.42 Å². The van der Waals surface area contributed by atoms with Gasteiger partial charge in [0, 0.05) is 37.8 Å². The van der Waals surface area contributed by atoms with E-state index in [4.69, 9.17) is 0 Å². The molecule has 0 bridgehead atoms. The highest BCUT2D eigenvalue weighted by atomic mass is 15.2. The quantitative estimate of drug-likeness (QED) is 0.708. The van der Waals surface area contributed by atoms with Crippen molar-refractivity contribution in [2.45, 2.75) is 18.8 Å². The summed E-state index contributed by atoms with van der Waals surface area (Å²) in [4.78, 5) is 2.64. The smallest absolute Gasteiger partial charge is 0.0434 e. The molecule has 16 heavy (non-hydrogen) atoms. The Hall–Kier alpha value is -1.02. The van der Waals surface area contributed by atoms with Crippen molar-refractivity contribution in [2.24, 2.45) is 5.92 Å². The number of nitrogens with one attached hydrogen (secondary N) is 1. The third-order valence-corrected chi connectivity index (χ3v) is 4.54. The fourth-order valence-corrected chi connectivity index (χ4v) is 3.82. The van der Waals surface area contributed by atoms with Crippen molar-refractivity contribution >= 4 is 5.69 Å². The Morgan fingerprint density at radius 3 is 3.25 bits per heavy atom. The van der Waals surface area contributed by atoms with Crippen LogP contribution in [0.25, 0.3) is 0 Å². The molecule has 0 radical (unpaired) electrons. The predicted molar refractivity (Wildman–Crippen MR) is 66.1 cm³/mol. The van der Waals surface area contributed by atoms with Gasteiger partial charge in [0.2, 0.25) is 0 Å². The molecular formula is C14H18N2. The van der Waals surface area contributed by atoms with Crippen molar-refractivity contribution in [3.05, 3.63) is 29.3 Å². The maximum Gasteiger partial charge on any atom is 0.0434 e. The fraction of sp³-hybridized carbons (Fsp3) is 0.571. The van der Waals surface area contributed by atoms with E-state index in [1.165, 1.54) is 39.0 Å². The van der Waals surface area contributed by atoms with Gasteiger partial charge in [-0.15, -0.1) is 0 Å². The van der Waals surface area contributed by atoms with Crippen LogP contribution in [0.4, 0.5) is 5.69 Å². The zero-order valence-electron chi connectivity index (χ0n) is 9.58. The van der Waals surface area contributed by atoms with E-state index in [2.05, 4.69) is 28.4 Å². The lowest BCUT2D eigenvalue weighted by molar-refractivity contribution is 0.470. The van der Waals surface area contributed by atoms with Gasteiger partial charge in [0.15, 0.2) is 0 Å². The van der Waals surface area contributed by atoms with Crippen molar-refractivity contribution in [3.63, 3.8) is 0 Å². The molecule has 1 aromatic rings. The lowest BCUT2D eigenvalue weighted by Gasteiger charge is -2.41. The van der Waals surface area contributed by atoms with Gasteiger partial charge in [-0.1, -0.05) is 18.2 Å². The van der Waals surface area contributed by atoms with Gasteiger partial charge in [0.05, 0.1) is 0 Å². The molecule has 0 aromatic heterocycles. The van der Waals surface area contributed by atoms with Gasteiger partial charge in [0.25, 0.3) is 0 Å². The molecule has 1 saturated heterocycles.